The summed E-state index contributed by atoms with van der Waals surface area (Å²) in [5, 5.41) is 2.92. The number of benzene rings is 1. The van der Waals surface area contributed by atoms with Gasteiger partial charge in [0.1, 0.15) is 0 Å². The molecule has 0 saturated carbocycles. The number of nitrogens with one attached hydrogen (secondary N) is 2. The molecule has 0 aliphatic heterocycles. The van der Waals surface area contributed by atoms with Crippen molar-refractivity contribution in [2.24, 2.45) is 5.92 Å². The lowest BCUT2D eigenvalue weighted by Crippen LogP contribution is -2.31. The molecule has 0 aromatic heterocycles. The van der Waals surface area contributed by atoms with Gasteiger partial charge in [0, 0.05) is 19.0 Å². The summed E-state index contributed by atoms with van der Waals surface area (Å²) in [7, 11) is -3.31. The van der Waals surface area contributed by atoms with Crippen molar-refractivity contribution in [1.29, 1.82) is 0 Å². The first kappa shape index (κ1) is 18.7. The van der Waals surface area contributed by atoms with Gasteiger partial charge in [0.15, 0.2) is 0 Å². The highest BCUT2D eigenvalue weighted by atomic mass is 32.2. The first-order valence-corrected chi connectivity index (χ1v) is 10.0. The van der Waals surface area contributed by atoms with Crippen LogP contribution in [-0.2, 0) is 27.1 Å². The molecule has 0 saturated heterocycles. The van der Waals surface area contributed by atoms with Crippen LogP contribution in [0.2, 0.25) is 0 Å². The van der Waals surface area contributed by atoms with Crippen LogP contribution in [0.5, 0.6) is 0 Å². The summed E-state index contributed by atoms with van der Waals surface area (Å²) < 4.78 is 26.4. The van der Waals surface area contributed by atoms with E-state index in [1.54, 1.807) is 26.0 Å². The van der Waals surface area contributed by atoms with E-state index in [2.05, 4.69) is 22.2 Å². The van der Waals surface area contributed by atoms with E-state index < -0.39 is 10.0 Å². The van der Waals surface area contributed by atoms with Gasteiger partial charge < -0.3 is 5.32 Å². The minimum absolute atomic E-state index is 0.0359. The fraction of sp³-hybridized carbons (Fsp3) is 0.500. The average molecular weight is 350 g/mol. The monoisotopic (exact) mass is 350 g/mol. The zero-order valence-corrected chi connectivity index (χ0v) is 15.1. The van der Waals surface area contributed by atoms with Crippen molar-refractivity contribution >= 4 is 15.9 Å². The van der Waals surface area contributed by atoms with Gasteiger partial charge in [0.05, 0.1) is 5.75 Å². The van der Waals surface area contributed by atoms with Gasteiger partial charge in [0.2, 0.25) is 15.9 Å². The minimum Gasteiger partial charge on any atom is -0.352 e. The zero-order chi connectivity index (χ0) is 17.6. The number of rotatable bonds is 8. The van der Waals surface area contributed by atoms with Gasteiger partial charge in [-0.3, -0.25) is 4.79 Å². The van der Waals surface area contributed by atoms with Gasteiger partial charge in [-0.05, 0) is 43.7 Å². The number of carbonyl (C=O) groups excluding carboxylic acids is 1. The van der Waals surface area contributed by atoms with Crippen LogP contribution in [-0.4, -0.2) is 20.4 Å². The Labute approximate surface area is 144 Å². The SMILES string of the molecule is CC(C)NS(=O)(=O)Cc1ccc(CNC(=O)C[C@@H]2C=CCC2)cc1. The smallest absolute Gasteiger partial charge is 0.220 e. The Hall–Kier alpha value is -1.66. The van der Waals surface area contributed by atoms with Crippen LogP contribution >= 0.6 is 0 Å². The Morgan fingerprint density at radius 3 is 2.46 bits per heavy atom. The number of amides is 1. The van der Waals surface area contributed by atoms with Crippen molar-refractivity contribution in [2.75, 3.05) is 0 Å². The van der Waals surface area contributed by atoms with Gasteiger partial charge in [-0.2, -0.15) is 0 Å². The number of allylic oxidation sites excluding steroid dienone is 2. The second-order valence-corrected chi connectivity index (χ2v) is 8.35. The Morgan fingerprint density at radius 2 is 1.88 bits per heavy atom. The molecular weight excluding hydrogens is 324 g/mol. The van der Waals surface area contributed by atoms with E-state index in [4.69, 9.17) is 0 Å². The molecule has 5 nitrogen and oxygen atoms in total. The van der Waals surface area contributed by atoms with E-state index in [-0.39, 0.29) is 17.7 Å². The van der Waals surface area contributed by atoms with Crippen molar-refractivity contribution in [3.63, 3.8) is 0 Å². The summed E-state index contributed by atoms with van der Waals surface area (Å²) >= 11 is 0. The molecule has 0 heterocycles. The van der Waals surface area contributed by atoms with Crippen LogP contribution in [0.4, 0.5) is 0 Å². The lowest BCUT2D eigenvalue weighted by Gasteiger charge is -2.11. The van der Waals surface area contributed by atoms with E-state index in [9.17, 15) is 13.2 Å². The van der Waals surface area contributed by atoms with Gasteiger partial charge >= 0.3 is 0 Å². The molecule has 0 spiro atoms. The molecule has 0 unspecified atom stereocenters. The molecule has 0 radical (unpaired) electrons. The summed E-state index contributed by atoms with van der Waals surface area (Å²) in [5.74, 6) is 0.386. The molecule has 1 atom stereocenters. The van der Waals surface area contributed by atoms with E-state index in [0.717, 1.165) is 24.0 Å². The van der Waals surface area contributed by atoms with Crippen LogP contribution in [0.25, 0.3) is 0 Å². The van der Waals surface area contributed by atoms with E-state index in [0.29, 0.717) is 18.9 Å². The zero-order valence-electron chi connectivity index (χ0n) is 14.3. The molecule has 2 rings (SSSR count). The molecule has 1 aliphatic rings. The summed E-state index contributed by atoms with van der Waals surface area (Å²) in [6.07, 6.45) is 6.89. The first-order chi connectivity index (χ1) is 11.3. The molecule has 24 heavy (non-hydrogen) atoms. The Kier molecular flexibility index (Phi) is 6.57. The average Bonchev–Trinajstić information content (AvgIpc) is 2.97. The largest absolute Gasteiger partial charge is 0.352 e. The molecule has 1 amide bonds. The highest BCUT2D eigenvalue weighted by Crippen LogP contribution is 2.20. The molecule has 0 fully saturated rings. The van der Waals surface area contributed by atoms with Crippen LogP contribution in [0.3, 0.4) is 0 Å². The number of sulfonamides is 1. The van der Waals surface area contributed by atoms with Crippen LogP contribution < -0.4 is 10.0 Å². The number of hydrogen-bond acceptors (Lipinski definition) is 3. The Balaban J connectivity index is 1.81. The predicted octanol–water partition coefficient (Wildman–Crippen LogP) is 2.49. The van der Waals surface area contributed by atoms with Crippen molar-refractivity contribution in [1.82, 2.24) is 10.0 Å². The lowest BCUT2D eigenvalue weighted by molar-refractivity contribution is -0.121. The van der Waals surface area contributed by atoms with Gasteiger partial charge in [0.25, 0.3) is 0 Å². The number of carbonyl (C=O) groups is 1. The molecule has 2 N–H and O–H groups in total. The molecule has 1 aromatic rings. The topological polar surface area (TPSA) is 75.3 Å². The fourth-order valence-corrected chi connectivity index (χ4v) is 4.18. The van der Waals surface area contributed by atoms with Crippen LogP contribution in [0.1, 0.15) is 44.2 Å². The standard InChI is InChI=1S/C18H26N2O3S/c1-14(2)20-24(22,23)13-17-9-7-16(8-10-17)12-19-18(21)11-15-5-3-4-6-15/h3,5,7-10,14-15,20H,4,6,11-13H2,1-2H3,(H,19,21)/t15-/m1/s1. The van der Waals surface area contributed by atoms with Crippen molar-refractivity contribution in [2.45, 2.75) is 51.4 Å². The van der Waals surface area contributed by atoms with Gasteiger partial charge in [-0.15, -0.1) is 0 Å². The van der Waals surface area contributed by atoms with Crippen LogP contribution in [0.15, 0.2) is 36.4 Å². The van der Waals surface area contributed by atoms with Gasteiger partial charge in [-0.1, -0.05) is 36.4 Å². The second-order valence-electron chi connectivity index (χ2n) is 6.59. The molecule has 1 aliphatic carbocycles. The molecular formula is C18H26N2O3S. The summed E-state index contributed by atoms with van der Waals surface area (Å²) in [6.45, 7) is 4.06. The van der Waals surface area contributed by atoms with E-state index >= 15 is 0 Å². The fourth-order valence-electron chi connectivity index (χ4n) is 2.75. The third-order valence-electron chi connectivity index (χ3n) is 3.84. The maximum atomic E-state index is 11.9. The highest BCUT2D eigenvalue weighted by molar-refractivity contribution is 7.88. The molecule has 132 valence electrons. The maximum Gasteiger partial charge on any atom is 0.220 e. The molecule has 1 aromatic carbocycles. The van der Waals surface area contributed by atoms with Crippen molar-refractivity contribution in [3.05, 3.63) is 47.5 Å². The molecule has 0 bridgehead atoms. The quantitative estimate of drug-likeness (QED) is 0.707. The maximum absolute atomic E-state index is 11.9. The van der Waals surface area contributed by atoms with Gasteiger partial charge in [-0.25, -0.2) is 13.1 Å². The van der Waals surface area contributed by atoms with Crippen LogP contribution in [0, 0.1) is 5.92 Å². The summed E-state index contributed by atoms with van der Waals surface area (Å²) in [6, 6.07) is 7.19. The predicted molar refractivity (Wildman–Crippen MR) is 95.7 cm³/mol. The number of hydrogen-bond donors (Lipinski definition) is 2. The van der Waals surface area contributed by atoms with Crippen molar-refractivity contribution in [3.8, 4) is 0 Å². The highest BCUT2D eigenvalue weighted by Gasteiger charge is 2.14. The van der Waals surface area contributed by atoms with E-state index in [1.807, 2.05) is 12.1 Å². The Morgan fingerprint density at radius 1 is 1.21 bits per heavy atom. The third-order valence-corrected chi connectivity index (χ3v) is 5.39. The third kappa shape index (κ3) is 6.45. The van der Waals surface area contributed by atoms with Crippen molar-refractivity contribution < 1.29 is 13.2 Å². The molecule has 6 heteroatoms. The Bertz CT molecular complexity index is 679. The lowest BCUT2D eigenvalue weighted by atomic mass is 10.0. The normalized spacial score (nSPS) is 17.4. The summed E-state index contributed by atoms with van der Waals surface area (Å²) in [4.78, 5) is 11.9. The second kappa shape index (κ2) is 8.44. The van der Waals surface area contributed by atoms with E-state index in [1.165, 1.54) is 0 Å². The first-order valence-electron chi connectivity index (χ1n) is 8.35. The summed E-state index contributed by atoms with van der Waals surface area (Å²) in [5.41, 5.74) is 1.69. The minimum atomic E-state index is -3.31.